The van der Waals surface area contributed by atoms with Crippen molar-refractivity contribution in [3.05, 3.63) is 0 Å². The number of ether oxygens (including phenoxy) is 1. The molecule has 0 saturated heterocycles. The molecule has 0 fully saturated rings. The highest BCUT2D eigenvalue weighted by Gasteiger charge is 2.00. The Morgan fingerprint density at radius 3 is 1.68 bits per heavy atom. The molecule has 0 aromatic rings. The van der Waals surface area contributed by atoms with Crippen molar-refractivity contribution in [3.63, 3.8) is 0 Å². The van der Waals surface area contributed by atoms with E-state index in [0.29, 0.717) is 26.1 Å². The highest BCUT2D eigenvalue weighted by molar-refractivity contribution is 5.69. The zero-order valence-corrected chi connectivity index (χ0v) is 17.0. The lowest BCUT2D eigenvalue weighted by molar-refractivity contribution is -0.143. The van der Waals surface area contributed by atoms with Gasteiger partial charge in [0.15, 0.2) is 0 Å². The molecule has 152 valence electrons. The van der Waals surface area contributed by atoms with E-state index in [1.807, 2.05) is 18.7 Å². The van der Waals surface area contributed by atoms with Gasteiger partial charge < -0.3 is 14.9 Å². The van der Waals surface area contributed by atoms with E-state index in [4.69, 9.17) is 14.9 Å². The third-order valence-corrected chi connectivity index (χ3v) is 4.07. The third kappa shape index (κ3) is 23.4. The predicted octanol–water partition coefficient (Wildman–Crippen LogP) is 3.76. The molecule has 0 bridgehead atoms. The Labute approximate surface area is 155 Å². The van der Waals surface area contributed by atoms with E-state index in [1.54, 1.807) is 0 Å². The van der Waals surface area contributed by atoms with Gasteiger partial charge in [-0.05, 0) is 19.9 Å². The molecule has 5 heteroatoms. The second-order valence-electron chi connectivity index (χ2n) is 6.26. The van der Waals surface area contributed by atoms with Crippen molar-refractivity contribution in [2.24, 2.45) is 0 Å². The van der Waals surface area contributed by atoms with Crippen LogP contribution in [0.5, 0.6) is 0 Å². The van der Waals surface area contributed by atoms with E-state index < -0.39 is 0 Å². The predicted molar refractivity (Wildman–Crippen MR) is 105 cm³/mol. The molecule has 0 aliphatic heterocycles. The highest BCUT2D eigenvalue weighted by atomic mass is 16.5. The average Bonchev–Trinajstić information content (AvgIpc) is 2.61. The number of aliphatic hydroxyl groups excluding tert-OH is 2. The standard InChI is InChI=1S/C14H28O2.C6H15NO2/c1-3-5-6-7-8-9-10-11-12-13-14(15)16-4-2;1-2-7(3-5-8)4-6-9/h3-13H2,1-2H3;8-9H,2-6H2,1H3. The minimum atomic E-state index is -0.0366. The fourth-order valence-electron chi connectivity index (χ4n) is 2.52. The Balaban J connectivity index is 0. The lowest BCUT2D eigenvalue weighted by Crippen LogP contribution is -2.29. The van der Waals surface area contributed by atoms with E-state index in [9.17, 15) is 4.79 Å². The average molecular weight is 362 g/mol. The van der Waals surface area contributed by atoms with Crippen molar-refractivity contribution in [2.75, 3.05) is 39.5 Å². The van der Waals surface area contributed by atoms with Gasteiger partial charge in [0, 0.05) is 19.5 Å². The van der Waals surface area contributed by atoms with E-state index in [2.05, 4.69) is 6.92 Å². The van der Waals surface area contributed by atoms with Crippen LogP contribution >= 0.6 is 0 Å². The van der Waals surface area contributed by atoms with Crippen molar-refractivity contribution in [1.82, 2.24) is 4.90 Å². The minimum Gasteiger partial charge on any atom is -0.466 e. The van der Waals surface area contributed by atoms with Crippen LogP contribution in [0.1, 0.15) is 85.0 Å². The number of esters is 1. The summed E-state index contributed by atoms with van der Waals surface area (Å²) in [5.41, 5.74) is 0. The maximum Gasteiger partial charge on any atom is 0.305 e. The Hall–Kier alpha value is -0.650. The molecule has 2 N–H and O–H groups in total. The summed E-state index contributed by atoms with van der Waals surface area (Å²) in [7, 11) is 0. The summed E-state index contributed by atoms with van der Waals surface area (Å²) in [5.74, 6) is -0.0366. The number of carbonyl (C=O) groups is 1. The first-order valence-electron chi connectivity index (χ1n) is 10.3. The number of aliphatic hydroxyl groups is 2. The van der Waals surface area contributed by atoms with Crippen LogP contribution in [-0.2, 0) is 9.53 Å². The molecule has 0 aliphatic rings. The second-order valence-corrected chi connectivity index (χ2v) is 6.26. The molecule has 5 nitrogen and oxygen atoms in total. The maximum atomic E-state index is 11.0. The van der Waals surface area contributed by atoms with Gasteiger partial charge in [-0.25, -0.2) is 0 Å². The molecule has 0 spiro atoms. The lowest BCUT2D eigenvalue weighted by atomic mass is 10.1. The fraction of sp³-hybridized carbons (Fsp3) is 0.950. The Morgan fingerprint density at radius 2 is 1.28 bits per heavy atom. The number of hydrogen-bond acceptors (Lipinski definition) is 5. The van der Waals surface area contributed by atoms with Crippen LogP contribution in [0, 0.1) is 0 Å². The molecule has 0 aromatic heterocycles. The molecular weight excluding hydrogens is 318 g/mol. The molecule has 0 saturated carbocycles. The number of carbonyl (C=O) groups excluding carboxylic acids is 1. The fourth-order valence-corrected chi connectivity index (χ4v) is 2.52. The van der Waals surface area contributed by atoms with Crippen molar-refractivity contribution in [3.8, 4) is 0 Å². The van der Waals surface area contributed by atoms with Gasteiger partial charge in [0.1, 0.15) is 0 Å². The van der Waals surface area contributed by atoms with Crippen LogP contribution < -0.4 is 0 Å². The number of hydrogen-bond donors (Lipinski definition) is 2. The third-order valence-electron chi connectivity index (χ3n) is 4.07. The molecule has 0 heterocycles. The van der Waals surface area contributed by atoms with Gasteiger partial charge in [0.25, 0.3) is 0 Å². The van der Waals surface area contributed by atoms with Gasteiger partial charge in [-0.2, -0.15) is 0 Å². The Kier molecular flexibility index (Phi) is 24.8. The summed E-state index contributed by atoms with van der Waals surface area (Å²) in [6, 6.07) is 0. The quantitative estimate of drug-likeness (QED) is 0.323. The molecule has 0 unspecified atom stereocenters. The molecule has 0 atom stereocenters. The smallest absolute Gasteiger partial charge is 0.305 e. The first kappa shape index (κ1) is 26.6. The minimum absolute atomic E-state index is 0.0366. The zero-order chi connectivity index (χ0) is 19.2. The summed E-state index contributed by atoms with van der Waals surface area (Å²) in [6.45, 7) is 9.18. The molecule has 25 heavy (non-hydrogen) atoms. The molecule has 0 aliphatic carbocycles. The van der Waals surface area contributed by atoms with Crippen molar-refractivity contribution >= 4 is 5.97 Å². The number of likely N-dealkylation sites (N-methyl/N-ethyl adjacent to an activating group) is 1. The van der Waals surface area contributed by atoms with Gasteiger partial charge in [0.05, 0.1) is 19.8 Å². The summed E-state index contributed by atoms with van der Waals surface area (Å²) in [6.07, 6.45) is 12.2. The van der Waals surface area contributed by atoms with Gasteiger partial charge in [-0.1, -0.05) is 65.2 Å². The maximum absolute atomic E-state index is 11.0. The van der Waals surface area contributed by atoms with Gasteiger partial charge in [-0.15, -0.1) is 0 Å². The molecule has 0 radical (unpaired) electrons. The van der Waals surface area contributed by atoms with E-state index >= 15 is 0 Å². The number of rotatable bonds is 16. The number of nitrogens with zero attached hydrogens (tertiary/aromatic N) is 1. The molecule has 0 amide bonds. The Morgan fingerprint density at radius 1 is 0.800 bits per heavy atom. The van der Waals surface area contributed by atoms with E-state index in [1.165, 1.54) is 51.4 Å². The summed E-state index contributed by atoms with van der Waals surface area (Å²) in [4.78, 5) is 13.0. The normalized spacial score (nSPS) is 10.5. The molecular formula is C20H43NO4. The summed E-state index contributed by atoms with van der Waals surface area (Å²) < 4.78 is 4.87. The van der Waals surface area contributed by atoms with Gasteiger partial charge >= 0.3 is 5.97 Å². The Bertz CT molecular complexity index is 256. The first-order chi connectivity index (χ1) is 12.2. The lowest BCUT2D eigenvalue weighted by Gasteiger charge is -2.16. The monoisotopic (exact) mass is 361 g/mol. The van der Waals surface area contributed by atoms with E-state index in [-0.39, 0.29) is 19.2 Å². The molecule has 0 aromatic carbocycles. The topological polar surface area (TPSA) is 70.0 Å². The highest BCUT2D eigenvalue weighted by Crippen LogP contribution is 2.10. The van der Waals surface area contributed by atoms with Crippen LogP contribution in [0.2, 0.25) is 0 Å². The van der Waals surface area contributed by atoms with Crippen molar-refractivity contribution in [2.45, 2.75) is 85.0 Å². The SMILES string of the molecule is CCCCCCCCCCCC(=O)OCC.CCN(CCO)CCO. The van der Waals surface area contributed by atoms with Crippen LogP contribution in [0.4, 0.5) is 0 Å². The van der Waals surface area contributed by atoms with Crippen LogP contribution in [0.3, 0.4) is 0 Å². The molecule has 0 rings (SSSR count). The van der Waals surface area contributed by atoms with Crippen molar-refractivity contribution < 1.29 is 19.7 Å². The van der Waals surface area contributed by atoms with Crippen molar-refractivity contribution in [1.29, 1.82) is 0 Å². The van der Waals surface area contributed by atoms with Gasteiger partial charge in [-0.3, -0.25) is 9.69 Å². The first-order valence-corrected chi connectivity index (χ1v) is 10.3. The van der Waals surface area contributed by atoms with Crippen LogP contribution in [0.25, 0.3) is 0 Å². The summed E-state index contributed by atoms with van der Waals surface area (Å²) in [5, 5.41) is 16.9. The van der Waals surface area contributed by atoms with E-state index in [0.717, 1.165) is 13.0 Å². The van der Waals surface area contributed by atoms with Crippen LogP contribution in [0.15, 0.2) is 0 Å². The van der Waals surface area contributed by atoms with Crippen LogP contribution in [-0.4, -0.2) is 60.5 Å². The number of unbranched alkanes of at least 4 members (excludes halogenated alkanes) is 8. The summed E-state index contributed by atoms with van der Waals surface area (Å²) >= 11 is 0. The second kappa shape index (κ2) is 23.4. The zero-order valence-electron chi connectivity index (χ0n) is 17.0. The largest absolute Gasteiger partial charge is 0.466 e. The van der Waals surface area contributed by atoms with Gasteiger partial charge in [0.2, 0.25) is 0 Å².